The number of aliphatic hydroxyl groups excluding tert-OH is 1. The summed E-state index contributed by atoms with van der Waals surface area (Å²) in [6.07, 6.45) is 26.5. The van der Waals surface area contributed by atoms with Gasteiger partial charge in [0, 0.05) is 37.8 Å². The van der Waals surface area contributed by atoms with E-state index in [-0.39, 0.29) is 34.6 Å². The number of piperidine rings is 1. The Morgan fingerprint density at radius 3 is 2.54 bits per heavy atom. The molecule has 3 aromatic carbocycles. The predicted molar refractivity (Wildman–Crippen MR) is 289 cm³/mol. The third-order valence-corrected chi connectivity index (χ3v) is 17.7. The van der Waals surface area contributed by atoms with E-state index in [1.807, 2.05) is 19.2 Å². The summed E-state index contributed by atoms with van der Waals surface area (Å²) in [6, 6.07) is 25.6. The number of nitrogens with zero attached hydrogens (tertiary/aromatic N) is 1. The lowest BCUT2D eigenvalue weighted by Gasteiger charge is -2.52. The molecule has 0 bridgehead atoms. The van der Waals surface area contributed by atoms with Gasteiger partial charge in [0.25, 0.3) is 0 Å². The molecule has 0 amide bonds. The number of ketones is 2. The molecule has 384 valence electrons. The molecule has 0 unspecified atom stereocenters. The van der Waals surface area contributed by atoms with E-state index in [2.05, 4.69) is 87.7 Å². The van der Waals surface area contributed by atoms with Crippen molar-refractivity contribution in [2.75, 3.05) is 39.0 Å². The largest absolute Gasteiger partial charge is 0.504 e. The number of benzene rings is 3. The molecule has 0 radical (unpaired) electrons. The fourth-order valence-electron chi connectivity index (χ4n) is 14.4. The van der Waals surface area contributed by atoms with Gasteiger partial charge in [0.15, 0.2) is 17.3 Å². The van der Waals surface area contributed by atoms with Gasteiger partial charge < -0.3 is 36.6 Å². The number of rotatable bonds is 22. The Bertz CT molecular complexity index is 2530. The van der Waals surface area contributed by atoms with Crippen LogP contribution in [-0.4, -0.2) is 78.2 Å². The van der Waals surface area contributed by atoms with E-state index in [0.29, 0.717) is 66.7 Å². The number of aromatic hydroxyl groups is 1. The van der Waals surface area contributed by atoms with Gasteiger partial charge >= 0.3 is 0 Å². The Labute approximate surface area is 429 Å². The lowest BCUT2D eigenvalue weighted by Crippen LogP contribution is -2.57. The number of phenolic OH excluding ortho intramolecular Hbond substituents is 1. The third kappa shape index (κ3) is 12.8. The van der Waals surface area contributed by atoms with Crippen molar-refractivity contribution < 1.29 is 24.5 Å². The number of methoxy groups -OCH3 is 1. The number of phenols is 1. The van der Waals surface area contributed by atoms with Crippen molar-refractivity contribution in [1.82, 2.24) is 20.9 Å². The van der Waals surface area contributed by atoms with Gasteiger partial charge in [0.05, 0.1) is 19.6 Å². The van der Waals surface area contributed by atoms with Crippen molar-refractivity contribution in [2.24, 2.45) is 34.5 Å². The van der Waals surface area contributed by atoms with Crippen molar-refractivity contribution >= 4 is 23.5 Å². The van der Waals surface area contributed by atoms with Crippen LogP contribution in [0.4, 0.5) is 5.82 Å². The van der Waals surface area contributed by atoms with E-state index in [1.54, 1.807) is 18.2 Å². The number of carbonyl (C=O) groups is 2. The topological polar surface area (TPSA) is 159 Å². The van der Waals surface area contributed by atoms with Gasteiger partial charge in [-0.15, -0.1) is 0 Å². The second kappa shape index (κ2) is 23.8. The van der Waals surface area contributed by atoms with Crippen LogP contribution in [-0.2, 0) is 41.7 Å². The zero-order valence-corrected chi connectivity index (χ0v) is 43.1. The molecule has 3 heterocycles. The molecule has 8 atom stereocenters. The number of hydrogen-bond acceptors (Lipinski definition) is 10. The van der Waals surface area contributed by atoms with Crippen molar-refractivity contribution in [3.05, 3.63) is 136 Å². The van der Waals surface area contributed by atoms with Gasteiger partial charge in [-0.3, -0.25) is 9.59 Å². The first-order valence-corrected chi connectivity index (χ1v) is 27.5. The fourth-order valence-corrected chi connectivity index (χ4v) is 14.4. The molecule has 4 aromatic rings. The normalized spacial score (nSPS) is 25.9. The van der Waals surface area contributed by atoms with Crippen molar-refractivity contribution in [3.63, 3.8) is 0 Å². The summed E-state index contributed by atoms with van der Waals surface area (Å²) in [5.74, 6) is 3.06. The molecule has 1 spiro atoms. The van der Waals surface area contributed by atoms with E-state index < -0.39 is 6.10 Å². The number of aliphatic hydroxyl groups is 1. The molecule has 2 aliphatic heterocycles. The smallest absolute Gasteiger partial charge is 0.163 e. The number of Topliss-reactive ketones (excluding diaryl/α,β-unsaturated/α-hetero) is 1. The maximum atomic E-state index is 13.8. The maximum absolute atomic E-state index is 13.8. The molecule has 10 nitrogen and oxygen atoms in total. The molecule has 7 N–H and O–H groups in total. The second-order valence-electron chi connectivity index (χ2n) is 22.8. The Balaban J connectivity index is 0.861. The first-order valence-electron chi connectivity index (χ1n) is 27.5. The summed E-state index contributed by atoms with van der Waals surface area (Å²) in [5, 5.41) is 33.0. The minimum atomic E-state index is -0.396. The summed E-state index contributed by atoms with van der Waals surface area (Å²) in [5.41, 5.74) is 14.1. The van der Waals surface area contributed by atoms with E-state index in [1.165, 1.54) is 81.2 Å². The highest BCUT2D eigenvalue weighted by Gasteiger charge is 2.57. The standard InChI is InChI=1S/C62H81N5O5/c1-42(68)38-66-58-37-61(41-62(58)25-6-7-26-62,36-55-54-23-28-64-39-51(54)30-48-15-10-27-65-60(48)55)24-9-16-52(69)35-53(70)22-21-46-33-57(72-2)56(71)32-49(46)31-50-40-67-59(63)34-47(50)20-19-45-14-8-13-44(29-45)18-17-43-11-4-3-5-12-43/h3-5,8,10-15,21-22,29,32-34,40,42,48,51,54-55,58,60,64-66,68,71H,6-7,9,16-20,23-28,30-31,35-39,41H2,1-2H3,(H2,63,67)/b22-21+/t42-,48-,51-,54+,55-,58+,60+,61+/m0/s1. The third-order valence-electron chi connectivity index (χ3n) is 17.7. The highest BCUT2D eigenvalue weighted by atomic mass is 16.5. The van der Waals surface area contributed by atoms with Crippen LogP contribution in [0.2, 0.25) is 0 Å². The van der Waals surface area contributed by atoms with Crippen LogP contribution in [0.25, 0.3) is 6.08 Å². The lowest BCUT2D eigenvalue weighted by molar-refractivity contribution is -0.124. The molecule has 1 saturated heterocycles. The minimum Gasteiger partial charge on any atom is -0.504 e. The number of hydrogen-bond donors (Lipinski definition) is 6. The Morgan fingerprint density at radius 1 is 0.972 bits per heavy atom. The number of allylic oxidation sites excluding steroid dienone is 1. The summed E-state index contributed by atoms with van der Waals surface area (Å²) in [7, 11) is 1.51. The van der Waals surface area contributed by atoms with Gasteiger partial charge in [0.2, 0.25) is 0 Å². The SMILES string of the molecule is COc1cc(/C=C/C(=O)CC(=O)CCC[C@@]2(C[C@H]3[C@@H]4CCNC[C@@H]4C[C@@H]4C=CCN[C@@H]34)C[C@@H](NC[C@H](C)O)C3(CCCC3)C2)c(Cc2cnc(N)cc2CCc2cccc(CCc3ccccc3)c2)cc1O. The average molecular weight is 976 g/mol. The molecule has 4 fully saturated rings. The summed E-state index contributed by atoms with van der Waals surface area (Å²) in [6.45, 7) is 5.63. The monoisotopic (exact) mass is 976 g/mol. The summed E-state index contributed by atoms with van der Waals surface area (Å²) >= 11 is 0. The van der Waals surface area contributed by atoms with Crippen LogP contribution in [0.3, 0.4) is 0 Å². The van der Waals surface area contributed by atoms with Crippen molar-refractivity contribution in [2.45, 2.75) is 141 Å². The Hall–Kier alpha value is -5.13. The number of nitrogen functional groups attached to an aromatic ring is 1. The summed E-state index contributed by atoms with van der Waals surface area (Å²) < 4.78 is 5.52. The molecule has 1 aromatic heterocycles. The molecular weight excluding hydrogens is 895 g/mol. The number of ether oxygens (including phenoxy) is 1. The van der Waals surface area contributed by atoms with E-state index >= 15 is 0 Å². The molecular formula is C62H81N5O5. The van der Waals surface area contributed by atoms with Gasteiger partial charge in [-0.2, -0.15) is 0 Å². The van der Waals surface area contributed by atoms with Crippen LogP contribution >= 0.6 is 0 Å². The predicted octanol–water partition coefficient (Wildman–Crippen LogP) is 9.71. The van der Waals surface area contributed by atoms with Crippen molar-refractivity contribution in [1.29, 1.82) is 0 Å². The molecule has 3 aliphatic carbocycles. The Kier molecular flexibility index (Phi) is 17.1. The number of aryl methyl sites for hydroxylation is 4. The van der Waals surface area contributed by atoms with E-state index in [0.717, 1.165) is 86.8 Å². The number of aromatic nitrogens is 1. The number of nitrogens with one attached hydrogen (secondary N) is 3. The molecule has 3 saturated carbocycles. The number of fused-ring (bicyclic) bond motifs is 2. The van der Waals surface area contributed by atoms with Gasteiger partial charge in [-0.25, -0.2) is 4.98 Å². The molecule has 72 heavy (non-hydrogen) atoms. The van der Waals surface area contributed by atoms with Crippen LogP contribution in [0.5, 0.6) is 11.5 Å². The molecule has 10 heteroatoms. The molecule has 9 rings (SSSR count). The van der Waals surface area contributed by atoms with E-state index in [4.69, 9.17) is 10.5 Å². The average Bonchev–Trinajstić information content (AvgIpc) is 3.98. The number of pyridine rings is 1. The van der Waals surface area contributed by atoms with Crippen LogP contribution in [0.15, 0.2) is 97.2 Å². The zero-order chi connectivity index (χ0) is 50.1. The number of carbonyl (C=O) groups excluding carboxylic acids is 2. The quantitative estimate of drug-likeness (QED) is 0.0255. The van der Waals surface area contributed by atoms with Gasteiger partial charge in [-0.1, -0.05) is 85.7 Å². The first kappa shape index (κ1) is 51.8. The first-order chi connectivity index (χ1) is 35.0. The van der Waals surface area contributed by atoms with Crippen LogP contribution < -0.4 is 26.4 Å². The summed E-state index contributed by atoms with van der Waals surface area (Å²) in [4.78, 5) is 31.9. The van der Waals surface area contributed by atoms with Gasteiger partial charge in [-0.05, 0) is 208 Å². The van der Waals surface area contributed by atoms with Crippen molar-refractivity contribution in [3.8, 4) is 11.5 Å². The highest BCUT2D eigenvalue weighted by molar-refractivity contribution is 6.06. The Morgan fingerprint density at radius 2 is 1.75 bits per heavy atom. The van der Waals surface area contributed by atoms with Crippen LogP contribution in [0.1, 0.15) is 129 Å². The second-order valence-corrected chi connectivity index (χ2v) is 22.8. The van der Waals surface area contributed by atoms with Crippen LogP contribution in [0, 0.1) is 34.5 Å². The molecule has 5 aliphatic rings. The zero-order valence-electron chi connectivity index (χ0n) is 43.1. The highest BCUT2D eigenvalue weighted by Crippen LogP contribution is 2.63. The minimum absolute atomic E-state index is 0.0121. The number of anilines is 1. The van der Waals surface area contributed by atoms with E-state index in [9.17, 15) is 19.8 Å². The van der Waals surface area contributed by atoms with Gasteiger partial charge in [0.1, 0.15) is 11.6 Å². The fraction of sp³-hybridized carbons (Fsp3) is 0.532. The maximum Gasteiger partial charge on any atom is 0.163 e. The number of nitrogens with two attached hydrogens (primary N) is 1. The lowest BCUT2D eigenvalue weighted by atomic mass is 9.57.